The molecule has 2 rings (SSSR count). The van der Waals surface area contributed by atoms with Crippen molar-refractivity contribution in [2.75, 3.05) is 7.05 Å². The molecule has 2 atom stereocenters. The monoisotopic (exact) mass is 162 g/mol. The third-order valence-corrected chi connectivity index (χ3v) is 2.94. The highest BCUT2D eigenvalue weighted by molar-refractivity contribution is 5.30. The molecule has 0 aromatic carbocycles. The fraction of sp³-hybridized carbons (Fsp3) is 0.500. The molecule has 0 amide bonds. The Morgan fingerprint density at radius 1 is 1.33 bits per heavy atom. The first kappa shape index (κ1) is 7.74. The molecule has 2 heteroatoms. The lowest BCUT2D eigenvalue weighted by atomic mass is 10.1. The number of fused-ring (bicyclic) bond motifs is 1. The Bertz CT molecular complexity index is 267. The predicted molar refractivity (Wildman–Crippen MR) is 48.8 cm³/mol. The van der Waals surface area contributed by atoms with Gasteiger partial charge in [0.1, 0.15) is 0 Å². The molecule has 2 unspecified atom stereocenters. The summed E-state index contributed by atoms with van der Waals surface area (Å²) in [7, 11) is 2.15. The molecule has 0 aliphatic carbocycles. The molecule has 0 fully saturated rings. The average Bonchev–Trinajstić information content (AvgIpc) is 2.33. The molecule has 1 aromatic heterocycles. The van der Waals surface area contributed by atoms with E-state index < -0.39 is 0 Å². The second-order valence-electron chi connectivity index (χ2n) is 3.50. The molecular weight excluding hydrogens is 148 g/mol. The zero-order valence-electron chi connectivity index (χ0n) is 7.78. The van der Waals surface area contributed by atoms with Gasteiger partial charge in [0.15, 0.2) is 0 Å². The minimum atomic E-state index is 0.469. The highest BCUT2D eigenvalue weighted by Gasteiger charge is 2.30. The number of hydrogen-bond acceptors (Lipinski definition) is 2. The minimum absolute atomic E-state index is 0.469. The van der Waals surface area contributed by atoms with Gasteiger partial charge in [-0.05, 0) is 32.5 Å². The quantitative estimate of drug-likeness (QED) is 0.581. The van der Waals surface area contributed by atoms with E-state index in [0.717, 1.165) is 0 Å². The van der Waals surface area contributed by atoms with Gasteiger partial charge in [-0.2, -0.15) is 0 Å². The van der Waals surface area contributed by atoms with Crippen molar-refractivity contribution in [3.8, 4) is 0 Å². The van der Waals surface area contributed by atoms with Crippen LogP contribution in [0, 0.1) is 0 Å². The summed E-state index contributed by atoms with van der Waals surface area (Å²) in [6.45, 7) is 4.43. The molecule has 2 nitrogen and oxygen atoms in total. The van der Waals surface area contributed by atoms with Crippen molar-refractivity contribution in [1.29, 1.82) is 0 Å². The second kappa shape index (κ2) is 2.56. The topological polar surface area (TPSA) is 16.1 Å². The van der Waals surface area contributed by atoms with Crippen molar-refractivity contribution >= 4 is 0 Å². The van der Waals surface area contributed by atoms with Crippen LogP contribution < -0.4 is 0 Å². The third-order valence-electron chi connectivity index (χ3n) is 2.94. The van der Waals surface area contributed by atoms with E-state index in [9.17, 15) is 0 Å². The standard InChI is InChI=1S/C10H14N2/c1-7-9-5-4-6-11-10(9)8(2)12(7)3/h4-8H,1-3H3. The lowest BCUT2D eigenvalue weighted by Crippen LogP contribution is -2.17. The van der Waals surface area contributed by atoms with Crippen LogP contribution in [0.4, 0.5) is 0 Å². The molecule has 0 saturated heterocycles. The third kappa shape index (κ3) is 0.879. The summed E-state index contributed by atoms with van der Waals surface area (Å²) < 4.78 is 0. The number of aromatic nitrogens is 1. The summed E-state index contributed by atoms with van der Waals surface area (Å²) in [5.41, 5.74) is 2.63. The zero-order chi connectivity index (χ0) is 8.72. The largest absolute Gasteiger partial charge is 0.291 e. The molecule has 1 aliphatic heterocycles. The number of nitrogens with zero attached hydrogens (tertiary/aromatic N) is 2. The molecule has 0 saturated carbocycles. The maximum Gasteiger partial charge on any atom is 0.0620 e. The molecular formula is C10H14N2. The van der Waals surface area contributed by atoms with E-state index in [-0.39, 0.29) is 0 Å². The Kier molecular flexibility index (Phi) is 1.65. The van der Waals surface area contributed by atoms with E-state index >= 15 is 0 Å². The van der Waals surface area contributed by atoms with Gasteiger partial charge in [-0.25, -0.2) is 0 Å². The van der Waals surface area contributed by atoms with E-state index in [1.165, 1.54) is 11.3 Å². The summed E-state index contributed by atoms with van der Waals surface area (Å²) in [6.07, 6.45) is 1.88. The van der Waals surface area contributed by atoms with Crippen molar-refractivity contribution < 1.29 is 0 Å². The first-order valence-corrected chi connectivity index (χ1v) is 4.38. The predicted octanol–water partition coefficient (Wildman–Crippen LogP) is 2.15. The van der Waals surface area contributed by atoms with Crippen molar-refractivity contribution in [2.24, 2.45) is 0 Å². The molecule has 1 aromatic rings. The van der Waals surface area contributed by atoms with Gasteiger partial charge in [0.05, 0.1) is 5.69 Å². The summed E-state index contributed by atoms with van der Waals surface area (Å²) in [6, 6.07) is 5.17. The molecule has 0 spiro atoms. The zero-order valence-corrected chi connectivity index (χ0v) is 7.78. The van der Waals surface area contributed by atoms with Crippen LogP contribution in [0.3, 0.4) is 0 Å². The maximum atomic E-state index is 4.40. The maximum absolute atomic E-state index is 4.40. The van der Waals surface area contributed by atoms with Gasteiger partial charge in [0.25, 0.3) is 0 Å². The van der Waals surface area contributed by atoms with Gasteiger partial charge in [-0.1, -0.05) is 6.07 Å². The van der Waals surface area contributed by atoms with Crippen LogP contribution in [-0.4, -0.2) is 16.9 Å². The van der Waals surface area contributed by atoms with Gasteiger partial charge in [0, 0.05) is 18.3 Å². The van der Waals surface area contributed by atoms with Gasteiger partial charge in [-0.15, -0.1) is 0 Å². The lowest BCUT2D eigenvalue weighted by Gasteiger charge is -2.19. The summed E-state index contributed by atoms with van der Waals surface area (Å²) in [4.78, 5) is 6.74. The van der Waals surface area contributed by atoms with Crippen molar-refractivity contribution in [3.05, 3.63) is 29.6 Å². The van der Waals surface area contributed by atoms with Gasteiger partial charge in [0.2, 0.25) is 0 Å². The number of rotatable bonds is 0. The minimum Gasteiger partial charge on any atom is -0.291 e. The molecule has 0 radical (unpaired) electrons. The van der Waals surface area contributed by atoms with Gasteiger partial charge < -0.3 is 0 Å². The number of hydrogen-bond donors (Lipinski definition) is 0. The van der Waals surface area contributed by atoms with Crippen LogP contribution in [0.2, 0.25) is 0 Å². The van der Waals surface area contributed by atoms with Crippen molar-refractivity contribution in [1.82, 2.24) is 9.88 Å². The molecule has 12 heavy (non-hydrogen) atoms. The lowest BCUT2D eigenvalue weighted by molar-refractivity contribution is 0.231. The Labute approximate surface area is 73.2 Å². The van der Waals surface area contributed by atoms with Crippen LogP contribution in [-0.2, 0) is 0 Å². The molecule has 64 valence electrons. The molecule has 1 aliphatic rings. The van der Waals surface area contributed by atoms with E-state index in [0.29, 0.717) is 12.1 Å². The highest BCUT2D eigenvalue weighted by atomic mass is 15.2. The van der Waals surface area contributed by atoms with Crippen molar-refractivity contribution in [2.45, 2.75) is 25.9 Å². The fourth-order valence-corrected chi connectivity index (χ4v) is 1.88. The van der Waals surface area contributed by atoms with Crippen LogP contribution in [0.25, 0.3) is 0 Å². The first-order valence-electron chi connectivity index (χ1n) is 4.38. The SMILES string of the molecule is CC1c2cccnc2C(C)N1C. The van der Waals surface area contributed by atoms with E-state index in [4.69, 9.17) is 0 Å². The summed E-state index contributed by atoms with van der Waals surface area (Å²) in [5, 5.41) is 0. The van der Waals surface area contributed by atoms with Crippen LogP contribution in [0.1, 0.15) is 37.2 Å². The van der Waals surface area contributed by atoms with Gasteiger partial charge in [-0.3, -0.25) is 9.88 Å². The second-order valence-corrected chi connectivity index (χ2v) is 3.50. The first-order chi connectivity index (χ1) is 5.72. The Morgan fingerprint density at radius 2 is 2.08 bits per heavy atom. The molecule has 2 heterocycles. The van der Waals surface area contributed by atoms with Crippen molar-refractivity contribution in [3.63, 3.8) is 0 Å². The summed E-state index contributed by atoms with van der Waals surface area (Å²) in [5.74, 6) is 0. The Morgan fingerprint density at radius 3 is 2.75 bits per heavy atom. The van der Waals surface area contributed by atoms with Crippen LogP contribution in [0.15, 0.2) is 18.3 Å². The van der Waals surface area contributed by atoms with Gasteiger partial charge >= 0.3 is 0 Å². The van der Waals surface area contributed by atoms with E-state index in [1.807, 2.05) is 12.3 Å². The Hall–Kier alpha value is -0.890. The van der Waals surface area contributed by atoms with E-state index in [1.54, 1.807) is 0 Å². The fourth-order valence-electron chi connectivity index (χ4n) is 1.88. The summed E-state index contributed by atoms with van der Waals surface area (Å²) >= 11 is 0. The number of pyridine rings is 1. The smallest absolute Gasteiger partial charge is 0.0620 e. The highest BCUT2D eigenvalue weighted by Crippen LogP contribution is 2.38. The average molecular weight is 162 g/mol. The van der Waals surface area contributed by atoms with Crippen LogP contribution in [0.5, 0.6) is 0 Å². The van der Waals surface area contributed by atoms with E-state index in [2.05, 4.69) is 36.8 Å². The normalized spacial score (nSPS) is 28.9. The Balaban J connectivity index is 2.52. The molecule has 0 bridgehead atoms. The van der Waals surface area contributed by atoms with Crippen LogP contribution >= 0.6 is 0 Å². The molecule has 0 N–H and O–H groups in total.